The number of benzene rings is 3. The molecule has 3 aromatic carbocycles. The van der Waals surface area contributed by atoms with Crippen molar-refractivity contribution >= 4 is 40.1 Å². The van der Waals surface area contributed by atoms with E-state index >= 15 is 0 Å². The molecule has 0 radical (unpaired) electrons. The molecule has 1 saturated heterocycles. The highest BCUT2D eigenvalue weighted by molar-refractivity contribution is 6.51. The first-order valence-corrected chi connectivity index (χ1v) is 11.1. The zero-order valence-electron chi connectivity index (χ0n) is 19.7. The number of imidazole rings is 1. The summed E-state index contributed by atoms with van der Waals surface area (Å²) in [6, 6.07) is 15.9. The first kappa shape index (κ1) is 23.5. The van der Waals surface area contributed by atoms with Gasteiger partial charge in [0, 0.05) is 23.8 Å². The van der Waals surface area contributed by atoms with E-state index in [1.165, 1.54) is 43.4 Å². The van der Waals surface area contributed by atoms with E-state index in [0.29, 0.717) is 28.1 Å². The number of non-ortho nitro benzene ring substituents is 1. The fraction of sp³-hybridized carbons (Fsp3) is 0.115. The number of carbonyl (C=O) groups is 2. The van der Waals surface area contributed by atoms with Gasteiger partial charge in [0.05, 0.1) is 41.8 Å². The molecule has 11 heteroatoms. The number of hydrogen-bond donors (Lipinski definition) is 2. The Kier molecular flexibility index (Phi) is 5.80. The van der Waals surface area contributed by atoms with Gasteiger partial charge < -0.3 is 19.6 Å². The number of fused-ring (bicyclic) bond motifs is 1. The summed E-state index contributed by atoms with van der Waals surface area (Å²) < 4.78 is 10.6. The summed E-state index contributed by atoms with van der Waals surface area (Å²) in [5.41, 5.74) is 1.38. The minimum Gasteiger partial charge on any atom is -0.507 e. The minimum absolute atomic E-state index is 0.0981. The Balaban J connectivity index is 1.70. The Morgan fingerprint density at radius 3 is 2.41 bits per heavy atom. The Labute approximate surface area is 209 Å². The number of ether oxygens (including phenoxy) is 2. The Morgan fingerprint density at radius 2 is 1.73 bits per heavy atom. The minimum atomic E-state index is -1.06. The maximum atomic E-state index is 13.4. The van der Waals surface area contributed by atoms with Crippen molar-refractivity contribution in [2.24, 2.45) is 0 Å². The predicted molar refractivity (Wildman–Crippen MR) is 134 cm³/mol. The Hall–Kier alpha value is -5.19. The van der Waals surface area contributed by atoms with Gasteiger partial charge in [-0.25, -0.2) is 4.98 Å². The summed E-state index contributed by atoms with van der Waals surface area (Å²) in [6.45, 7) is 0. The molecular formula is C26H20N4O7. The lowest BCUT2D eigenvalue weighted by Gasteiger charge is -2.23. The number of amides is 1. The SMILES string of the molecule is COc1cccc(C2/C(=C(\O)c3ccc([N+](=O)[O-])cc3)C(=O)C(=O)N2c2nc3ccc(OC)cc3[nH]2)c1. The summed E-state index contributed by atoms with van der Waals surface area (Å²) in [5.74, 6) is -1.15. The van der Waals surface area contributed by atoms with Crippen LogP contribution in [0.5, 0.6) is 11.5 Å². The number of aliphatic hydroxyl groups is 1. The van der Waals surface area contributed by atoms with Crippen LogP contribution in [-0.2, 0) is 9.59 Å². The van der Waals surface area contributed by atoms with Gasteiger partial charge in [0.2, 0.25) is 5.95 Å². The molecule has 2 heterocycles. The molecule has 2 N–H and O–H groups in total. The quantitative estimate of drug-likeness (QED) is 0.132. The molecule has 11 nitrogen and oxygen atoms in total. The Bertz CT molecular complexity index is 1590. The number of nitro benzene ring substituents is 1. The van der Waals surface area contributed by atoms with Crippen LogP contribution in [0, 0.1) is 10.1 Å². The third-order valence-electron chi connectivity index (χ3n) is 6.11. The van der Waals surface area contributed by atoms with E-state index in [0.717, 1.165) is 0 Å². The monoisotopic (exact) mass is 500 g/mol. The van der Waals surface area contributed by atoms with Crippen LogP contribution in [0.2, 0.25) is 0 Å². The van der Waals surface area contributed by atoms with Gasteiger partial charge >= 0.3 is 5.91 Å². The Morgan fingerprint density at radius 1 is 1.03 bits per heavy atom. The van der Waals surface area contributed by atoms with Gasteiger partial charge in [0.15, 0.2) is 0 Å². The lowest BCUT2D eigenvalue weighted by molar-refractivity contribution is -0.384. The number of methoxy groups -OCH3 is 2. The fourth-order valence-electron chi connectivity index (χ4n) is 4.29. The molecule has 1 aliphatic rings. The number of ketones is 1. The maximum absolute atomic E-state index is 13.4. The molecule has 0 spiro atoms. The lowest BCUT2D eigenvalue weighted by Crippen LogP contribution is -2.30. The summed E-state index contributed by atoms with van der Waals surface area (Å²) in [5, 5.41) is 22.2. The molecule has 4 aromatic rings. The molecule has 1 fully saturated rings. The third kappa shape index (κ3) is 4.01. The average molecular weight is 500 g/mol. The van der Waals surface area contributed by atoms with Crippen molar-refractivity contribution in [3.63, 3.8) is 0 Å². The molecule has 1 aliphatic heterocycles. The number of nitrogens with one attached hydrogen (secondary N) is 1. The van der Waals surface area contributed by atoms with Crippen LogP contribution in [-0.4, -0.2) is 45.9 Å². The van der Waals surface area contributed by atoms with E-state index in [2.05, 4.69) is 9.97 Å². The van der Waals surface area contributed by atoms with Gasteiger partial charge in [-0.05, 0) is 42.0 Å². The fourth-order valence-corrected chi connectivity index (χ4v) is 4.29. The normalized spacial score (nSPS) is 16.8. The molecule has 0 bridgehead atoms. The van der Waals surface area contributed by atoms with Gasteiger partial charge in [-0.1, -0.05) is 12.1 Å². The van der Waals surface area contributed by atoms with E-state index < -0.39 is 28.4 Å². The summed E-state index contributed by atoms with van der Waals surface area (Å²) >= 11 is 0. The highest BCUT2D eigenvalue weighted by Gasteiger charge is 2.48. The maximum Gasteiger partial charge on any atom is 0.302 e. The van der Waals surface area contributed by atoms with E-state index in [4.69, 9.17) is 9.47 Å². The van der Waals surface area contributed by atoms with Crippen LogP contribution in [0.4, 0.5) is 11.6 Å². The van der Waals surface area contributed by atoms with Crippen molar-refractivity contribution < 1.29 is 29.1 Å². The van der Waals surface area contributed by atoms with E-state index in [1.54, 1.807) is 42.5 Å². The van der Waals surface area contributed by atoms with Gasteiger partial charge in [0.25, 0.3) is 11.5 Å². The largest absolute Gasteiger partial charge is 0.507 e. The smallest absolute Gasteiger partial charge is 0.302 e. The van der Waals surface area contributed by atoms with E-state index in [9.17, 15) is 24.8 Å². The van der Waals surface area contributed by atoms with Crippen molar-refractivity contribution in [2.75, 3.05) is 19.1 Å². The number of nitro groups is 1. The predicted octanol–water partition coefficient (Wildman–Crippen LogP) is 4.11. The number of Topliss-reactive ketones (excluding diaryl/α,β-unsaturated/α-hetero) is 1. The molecule has 1 amide bonds. The molecule has 186 valence electrons. The summed E-state index contributed by atoms with van der Waals surface area (Å²) in [4.78, 5) is 45.9. The lowest BCUT2D eigenvalue weighted by atomic mass is 9.95. The highest BCUT2D eigenvalue weighted by Crippen LogP contribution is 2.42. The standard InChI is InChI=1S/C26H20N4O7/c1-36-17-5-3-4-15(12-17)22-21(23(31)14-6-8-16(9-7-14)30(34)35)24(32)25(33)29(22)26-27-19-11-10-18(37-2)13-20(19)28-26/h3-13,22,31H,1-2H3,(H,27,28)/b23-21+. The van der Waals surface area contributed by atoms with Crippen molar-refractivity contribution in [1.82, 2.24) is 9.97 Å². The second-order valence-electron chi connectivity index (χ2n) is 8.19. The second-order valence-corrected chi connectivity index (χ2v) is 8.19. The zero-order chi connectivity index (χ0) is 26.3. The van der Waals surface area contributed by atoms with Gasteiger partial charge in [-0.3, -0.25) is 24.6 Å². The number of aromatic nitrogens is 2. The number of aliphatic hydroxyl groups excluding tert-OH is 1. The molecule has 1 aromatic heterocycles. The molecule has 5 rings (SSSR count). The first-order chi connectivity index (χ1) is 17.8. The second kappa shape index (κ2) is 9.11. The summed E-state index contributed by atoms with van der Waals surface area (Å²) in [6.07, 6.45) is 0. The van der Waals surface area contributed by atoms with Crippen molar-refractivity contribution in [3.05, 3.63) is 93.5 Å². The average Bonchev–Trinajstić information content (AvgIpc) is 3.45. The van der Waals surface area contributed by atoms with Crippen molar-refractivity contribution in [3.8, 4) is 11.5 Å². The van der Waals surface area contributed by atoms with Crippen LogP contribution >= 0.6 is 0 Å². The number of aromatic amines is 1. The molecule has 37 heavy (non-hydrogen) atoms. The van der Waals surface area contributed by atoms with Crippen LogP contribution in [0.15, 0.2) is 72.3 Å². The van der Waals surface area contributed by atoms with Crippen molar-refractivity contribution in [1.29, 1.82) is 0 Å². The zero-order valence-corrected chi connectivity index (χ0v) is 19.7. The molecule has 1 atom stereocenters. The van der Waals surface area contributed by atoms with Crippen molar-refractivity contribution in [2.45, 2.75) is 6.04 Å². The number of carbonyl (C=O) groups excluding carboxylic acids is 2. The molecule has 0 aliphatic carbocycles. The van der Waals surface area contributed by atoms with Crippen LogP contribution in [0.1, 0.15) is 17.2 Å². The summed E-state index contributed by atoms with van der Waals surface area (Å²) in [7, 11) is 3.01. The topological polar surface area (TPSA) is 148 Å². The third-order valence-corrected chi connectivity index (χ3v) is 6.11. The van der Waals surface area contributed by atoms with Gasteiger partial charge in [-0.15, -0.1) is 0 Å². The van der Waals surface area contributed by atoms with Crippen LogP contribution < -0.4 is 14.4 Å². The van der Waals surface area contributed by atoms with Gasteiger partial charge in [-0.2, -0.15) is 0 Å². The molecule has 1 unspecified atom stereocenters. The van der Waals surface area contributed by atoms with Crippen LogP contribution in [0.3, 0.4) is 0 Å². The molecule has 0 saturated carbocycles. The van der Waals surface area contributed by atoms with Gasteiger partial charge in [0.1, 0.15) is 17.3 Å². The van der Waals surface area contributed by atoms with E-state index in [1.807, 2.05) is 0 Å². The first-order valence-electron chi connectivity index (χ1n) is 11.1. The number of anilines is 1. The highest BCUT2D eigenvalue weighted by atomic mass is 16.6. The van der Waals surface area contributed by atoms with Crippen LogP contribution in [0.25, 0.3) is 16.8 Å². The number of hydrogen-bond acceptors (Lipinski definition) is 8. The van der Waals surface area contributed by atoms with E-state index in [-0.39, 0.29) is 22.8 Å². The molecular weight excluding hydrogens is 480 g/mol. The number of H-pyrrole nitrogens is 1. The number of rotatable bonds is 6. The number of nitrogens with zero attached hydrogens (tertiary/aromatic N) is 3.